The van der Waals surface area contributed by atoms with Crippen molar-refractivity contribution in [2.24, 2.45) is 0 Å². The Hall–Kier alpha value is -3.21. The van der Waals surface area contributed by atoms with E-state index in [0.29, 0.717) is 12.5 Å². The lowest BCUT2D eigenvalue weighted by atomic mass is 9.99. The van der Waals surface area contributed by atoms with Gasteiger partial charge in [-0.25, -0.2) is 9.97 Å². The average Bonchev–Trinajstić information content (AvgIpc) is 3.62. The number of anilines is 2. The van der Waals surface area contributed by atoms with Crippen LogP contribution in [0, 0.1) is 18.3 Å². The maximum absolute atomic E-state index is 9.56. The summed E-state index contributed by atoms with van der Waals surface area (Å²) in [4.78, 5) is 20.0. The van der Waals surface area contributed by atoms with Crippen molar-refractivity contribution in [2.75, 3.05) is 56.1 Å². The molecule has 3 aliphatic heterocycles. The summed E-state index contributed by atoms with van der Waals surface area (Å²) in [6.45, 7) is 11.2. The summed E-state index contributed by atoms with van der Waals surface area (Å²) >= 11 is 0. The second-order valence-electron chi connectivity index (χ2n) is 10.9. The van der Waals surface area contributed by atoms with E-state index in [1.54, 1.807) is 0 Å². The SMILES string of the molecule is CCc1nc2c(c(N3CCN(CC4CN4C)C(CC#N)C3)n1)CCN(c1cccc3cccc(C)c13)C2. The number of likely N-dealkylation sites (N-methyl/N-ethyl adjacent to an activating group) is 1. The zero-order valence-corrected chi connectivity index (χ0v) is 22.3. The lowest BCUT2D eigenvalue weighted by Gasteiger charge is -2.42. The largest absolute Gasteiger partial charge is 0.365 e. The van der Waals surface area contributed by atoms with Gasteiger partial charge in [-0.2, -0.15) is 5.26 Å². The number of benzene rings is 2. The van der Waals surface area contributed by atoms with Crippen LogP contribution in [0.15, 0.2) is 36.4 Å². The summed E-state index contributed by atoms with van der Waals surface area (Å²) in [5.74, 6) is 2.03. The van der Waals surface area contributed by atoms with Gasteiger partial charge in [-0.3, -0.25) is 9.80 Å². The molecular weight excluding hydrogens is 458 g/mol. The van der Waals surface area contributed by atoms with Gasteiger partial charge in [-0.05, 0) is 37.4 Å². The molecule has 0 radical (unpaired) electrons. The summed E-state index contributed by atoms with van der Waals surface area (Å²) in [5, 5.41) is 12.2. The first-order valence-electron chi connectivity index (χ1n) is 13.7. The third-order valence-electron chi connectivity index (χ3n) is 8.50. The average molecular weight is 496 g/mol. The number of fused-ring (bicyclic) bond motifs is 2. The van der Waals surface area contributed by atoms with Crippen LogP contribution >= 0.6 is 0 Å². The highest BCUT2D eigenvalue weighted by atomic mass is 15.4. The number of aryl methyl sites for hydroxylation is 2. The van der Waals surface area contributed by atoms with Crippen LogP contribution < -0.4 is 9.80 Å². The molecule has 0 N–H and O–H groups in total. The van der Waals surface area contributed by atoms with E-state index in [-0.39, 0.29) is 6.04 Å². The third-order valence-corrected chi connectivity index (χ3v) is 8.50. The van der Waals surface area contributed by atoms with Crippen LogP contribution in [0.1, 0.15) is 36.0 Å². The number of piperazine rings is 1. The molecule has 0 spiro atoms. The lowest BCUT2D eigenvalue weighted by molar-refractivity contribution is 0.174. The molecule has 3 aromatic rings. The first kappa shape index (κ1) is 24.1. The zero-order chi connectivity index (χ0) is 25.5. The van der Waals surface area contributed by atoms with Crippen LogP contribution in [0.5, 0.6) is 0 Å². The molecule has 2 saturated heterocycles. The van der Waals surface area contributed by atoms with Gasteiger partial charge in [-0.1, -0.05) is 37.3 Å². The highest BCUT2D eigenvalue weighted by Gasteiger charge is 2.37. The van der Waals surface area contributed by atoms with Gasteiger partial charge in [0.1, 0.15) is 11.6 Å². The fourth-order valence-corrected chi connectivity index (χ4v) is 6.23. The molecule has 3 aliphatic rings. The first-order valence-corrected chi connectivity index (χ1v) is 13.7. The maximum atomic E-state index is 9.56. The first-order chi connectivity index (χ1) is 18.1. The van der Waals surface area contributed by atoms with E-state index in [9.17, 15) is 5.26 Å². The van der Waals surface area contributed by atoms with Crippen molar-refractivity contribution < 1.29 is 0 Å². The van der Waals surface area contributed by atoms with Crippen molar-refractivity contribution in [3.63, 3.8) is 0 Å². The van der Waals surface area contributed by atoms with Crippen LogP contribution in [0.3, 0.4) is 0 Å². The Kier molecular flexibility index (Phi) is 6.48. The van der Waals surface area contributed by atoms with Gasteiger partial charge in [0.2, 0.25) is 0 Å². The van der Waals surface area contributed by atoms with E-state index in [1.807, 2.05) is 0 Å². The van der Waals surface area contributed by atoms with Crippen molar-refractivity contribution in [3.8, 4) is 6.07 Å². The quantitative estimate of drug-likeness (QED) is 0.482. The number of hydrogen-bond donors (Lipinski definition) is 0. The molecular formula is C30H37N7. The van der Waals surface area contributed by atoms with E-state index in [0.717, 1.165) is 69.4 Å². The second-order valence-corrected chi connectivity index (χ2v) is 10.9. The molecule has 2 fully saturated rings. The predicted molar refractivity (Wildman–Crippen MR) is 149 cm³/mol. The highest BCUT2D eigenvalue weighted by molar-refractivity contribution is 5.97. The van der Waals surface area contributed by atoms with E-state index in [1.165, 1.54) is 34.1 Å². The minimum absolute atomic E-state index is 0.252. The normalized spacial score (nSPS) is 23.7. The summed E-state index contributed by atoms with van der Waals surface area (Å²) in [6.07, 6.45) is 2.32. The molecule has 0 aliphatic carbocycles. The van der Waals surface area contributed by atoms with Crippen molar-refractivity contribution >= 4 is 22.3 Å². The molecule has 3 atom stereocenters. The number of nitriles is 1. The molecule has 7 nitrogen and oxygen atoms in total. The van der Waals surface area contributed by atoms with Gasteiger partial charge in [0.05, 0.1) is 24.7 Å². The fourth-order valence-electron chi connectivity index (χ4n) is 6.23. The summed E-state index contributed by atoms with van der Waals surface area (Å²) in [5.41, 5.74) is 5.08. The van der Waals surface area contributed by atoms with Crippen LogP contribution in [0.25, 0.3) is 10.8 Å². The van der Waals surface area contributed by atoms with E-state index in [4.69, 9.17) is 9.97 Å². The van der Waals surface area contributed by atoms with E-state index < -0.39 is 0 Å². The van der Waals surface area contributed by atoms with E-state index in [2.05, 4.69) is 83.0 Å². The fraction of sp³-hybridized carbons (Fsp3) is 0.500. The Labute approximate surface area is 220 Å². The van der Waals surface area contributed by atoms with Gasteiger partial charge in [0.15, 0.2) is 0 Å². The van der Waals surface area contributed by atoms with Crippen LogP contribution in [0.4, 0.5) is 11.5 Å². The molecule has 4 heterocycles. The Balaban J connectivity index is 1.29. The minimum Gasteiger partial charge on any atom is -0.365 e. The smallest absolute Gasteiger partial charge is 0.136 e. The van der Waals surface area contributed by atoms with Crippen LogP contribution in [-0.2, 0) is 19.4 Å². The Morgan fingerprint density at radius 1 is 1.00 bits per heavy atom. The highest BCUT2D eigenvalue weighted by Crippen LogP contribution is 2.35. The maximum Gasteiger partial charge on any atom is 0.136 e. The van der Waals surface area contributed by atoms with Gasteiger partial charge in [0, 0.05) is 74.4 Å². The Morgan fingerprint density at radius 3 is 2.57 bits per heavy atom. The molecule has 7 heteroatoms. The van der Waals surface area contributed by atoms with Crippen molar-refractivity contribution in [1.82, 2.24) is 19.8 Å². The van der Waals surface area contributed by atoms with Crippen LogP contribution in [0.2, 0.25) is 0 Å². The molecule has 0 bridgehead atoms. The Morgan fingerprint density at radius 2 is 1.81 bits per heavy atom. The van der Waals surface area contributed by atoms with Gasteiger partial charge in [0.25, 0.3) is 0 Å². The summed E-state index contributed by atoms with van der Waals surface area (Å²) < 4.78 is 0. The van der Waals surface area contributed by atoms with Crippen molar-refractivity contribution in [2.45, 2.75) is 51.7 Å². The number of hydrogen-bond acceptors (Lipinski definition) is 7. The molecule has 3 unspecified atom stereocenters. The predicted octanol–water partition coefficient (Wildman–Crippen LogP) is 3.78. The molecule has 1 aromatic heterocycles. The standard InChI is InChI=1S/C30H37N7/c1-4-28-32-26-20-36(27-10-6-9-22-8-5-7-21(2)29(22)27)14-12-25(26)30(33-28)37-16-15-35(19-24-17-34(24)3)23(18-37)11-13-31/h5-10,23-24H,4,11-12,14-20H2,1-3H3. The second kappa shape index (κ2) is 9.92. The van der Waals surface area contributed by atoms with Gasteiger partial charge >= 0.3 is 0 Å². The summed E-state index contributed by atoms with van der Waals surface area (Å²) in [7, 11) is 2.18. The zero-order valence-electron chi connectivity index (χ0n) is 22.3. The van der Waals surface area contributed by atoms with Crippen molar-refractivity contribution in [3.05, 3.63) is 59.0 Å². The minimum atomic E-state index is 0.252. The van der Waals surface area contributed by atoms with E-state index >= 15 is 0 Å². The molecule has 6 rings (SSSR count). The Bertz CT molecular complexity index is 1340. The number of aromatic nitrogens is 2. The molecule has 0 saturated carbocycles. The molecule has 192 valence electrons. The van der Waals surface area contributed by atoms with Gasteiger partial charge in [-0.15, -0.1) is 0 Å². The third kappa shape index (κ3) is 4.65. The molecule has 37 heavy (non-hydrogen) atoms. The van der Waals surface area contributed by atoms with Crippen LogP contribution in [-0.4, -0.2) is 78.2 Å². The van der Waals surface area contributed by atoms with Gasteiger partial charge < -0.3 is 9.80 Å². The molecule has 0 amide bonds. The van der Waals surface area contributed by atoms with Crippen molar-refractivity contribution in [1.29, 1.82) is 5.26 Å². The summed E-state index contributed by atoms with van der Waals surface area (Å²) in [6, 6.07) is 16.5. The topological polar surface area (TPSA) is 62.3 Å². The monoisotopic (exact) mass is 495 g/mol. The lowest BCUT2D eigenvalue weighted by Crippen LogP contribution is -2.54. The number of nitrogens with zero attached hydrogens (tertiary/aromatic N) is 7. The number of rotatable bonds is 6. The molecule has 2 aromatic carbocycles.